The van der Waals surface area contributed by atoms with Crippen molar-refractivity contribution in [3.05, 3.63) is 23.9 Å². The first-order chi connectivity index (χ1) is 7.70. The van der Waals surface area contributed by atoms with Gasteiger partial charge in [0.2, 0.25) is 0 Å². The summed E-state index contributed by atoms with van der Waals surface area (Å²) in [7, 11) is 0. The number of carbonyl (C=O) groups is 1. The van der Waals surface area contributed by atoms with E-state index in [0.29, 0.717) is 29.0 Å². The summed E-state index contributed by atoms with van der Waals surface area (Å²) in [6, 6.07) is 5.23. The number of aliphatic carboxylic acids is 1. The molecule has 1 heterocycles. The number of benzene rings is 1. The normalized spacial score (nSPS) is 10.6. The number of fused-ring (bicyclic) bond motifs is 1. The van der Waals surface area contributed by atoms with Gasteiger partial charge in [0, 0.05) is 5.39 Å². The predicted molar refractivity (Wildman–Crippen MR) is 56.5 cm³/mol. The highest BCUT2D eigenvalue weighted by atomic mass is 16.5. The highest BCUT2D eigenvalue weighted by Gasteiger charge is 2.12. The Kier molecular flexibility index (Phi) is 2.76. The SMILES string of the molecule is CCOc1ccc2onc(CC(=O)O)c2c1. The molecule has 0 aliphatic heterocycles. The molecule has 0 spiro atoms. The van der Waals surface area contributed by atoms with Gasteiger partial charge in [0.05, 0.1) is 13.0 Å². The molecule has 0 saturated carbocycles. The minimum atomic E-state index is -0.933. The lowest BCUT2D eigenvalue weighted by molar-refractivity contribution is -0.136. The van der Waals surface area contributed by atoms with Crippen LogP contribution in [-0.2, 0) is 11.2 Å². The second-order valence-corrected chi connectivity index (χ2v) is 3.29. The second-order valence-electron chi connectivity index (χ2n) is 3.29. The molecular formula is C11H11NO4. The maximum absolute atomic E-state index is 10.6. The molecule has 0 amide bonds. The molecule has 0 aliphatic rings. The molecule has 2 rings (SSSR count). The molecule has 1 aromatic carbocycles. The number of rotatable bonds is 4. The Morgan fingerprint density at radius 3 is 3.06 bits per heavy atom. The molecule has 5 nitrogen and oxygen atoms in total. The van der Waals surface area contributed by atoms with Gasteiger partial charge in [-0.3, -0.25) is 4.79 Å². The molecule has 0 unspecified atom stereocenters. The van der Waals surface area contributed by atoms with Crippen molar-refractivity contribution in [1.82, 2.24) is 5.16 Å². The number of aromatic nitrogens is 1. The molecule has 5 heteroatoms. The van der Waals surface area contributed by atoms with Crippen molar-refractivity contribution < 1.29 is 19.2 Å². The van der Waals surface area contributed by atoms with E-state index in [0.717, 1.165) is 0 Å². The Hall–Kier alpha value is -2.04. The molecular weight excluding hydrogens is 210 g/mol. The lowest BCUT2D eigenvalue weighted by Crippen LogP contribution is -2.00. The molecule has 16 heavy (non-hydrogen) atoms. The van der Waals surface area contributed by atoms with E-state index in [1.54, 1.807) is 18.2 Å². The summed E-state index contributed by atoms with van der Waals surface area (Å²) in [6.07, 6.45) is -0.150. The van der Waals surface area contributed by atoms with Crippen molar-refractivity contribution in [2.75, 3.05) is 6.61 Å². The molecule has 1 N–H and O–H groups in total. The van der Waals surface area contributed by atoms with Crippen molar-refractivity contribution >= 4 is 16.9 Å². The van der Waals surface area contributed by atoms with Gasteiger partial charge >= 0.3 is 5.97 Å². The Labute approximate surface area is 91.6 Å². The van der Waals surface area contributed by atoms with Crippen LogP contribution < -0.4 is 4.74 Å². The first-order valence-electron chi connectivity index (χ1n) is 4.93. The zero-order valence-electron chi connectivity index (χ0n) is 8.77. The van der Waals surface area contributed by atoms with E-state index >= 15 is 0 Å². The number of hydrogen-bond donors (Lipinski definition) is 1. The lowest BCUT2D eigenvalue weighted by atomic mass is 10.1. The average Bonchev–Trinajstić information content (AvgIpc) is 2.61. The monoisotopic (exact) mass is 221 g/mol. The fourth-order valence-corrected chi connectivity index (χ4v) is 1.49. The van der Waals surface area contributed by atoms with Gasteiger partial charge in [0.25, 0.3) is 0 Å². The van der Waals surface area contributed by atoms with Crippen LogP contribution >= 0.6 is 0 Å². The third-order valence-corrected chi connectivity index (χ3v) is 2.15. The summed E-state index contributed by atoms with van der Waals surface area (Å²) >= 11 is 0. The van der Waals surface area contributed by atoms with Gasteiger partial charge < -0.3 is 14.4 Å². The van der Waals surface area contributed by atoms with Gasteiger partial charge in [-0.1, -0.05) is 5.16 Å². The Bertz CT molecular complexity index is 518. The number of carboxylic acids is 1. The molecule has 0 fully saturated rings. The minimum Gasteiger partial charge on any atom is -0.494 e. The van der Waals surface area contributed by atoms with Crippen LogP contribution in [0, 0.1) is 0 Å². The van der Waals surface area contributed by atoms with Crippen LogP contribution in [0.3, 0.4) is 0 Å². The van der Waals surface area contributed by atoms with Crippen molar-refractivity contribution in [3.63, 3.8) is 0 Å². The Morgan fingerprint density at radius 1 is 1.56 bits per heavy atom. The van der Waals surface area contributed by atoms with E-state index < -0.39 is 5.97 Å². The van der Waals surface area contributed by atoms with Crippen LogP contribution in [0.4, 0.5) is 0 Å². The fraction of sp³-hybridized carbons (Fsp3) is 0.273. The van der Waals surface area contributed by atoms with Gasteiger partial charge in [-0.25, -0.2) is 0 Å². The standard InChI is InChI=1S/C11H11NO4/c1-2-15-7-3-4-10-8(5-7)9(12-16-10)6-11(13)14/h3-5H,2,6H2,1H3,(H,13,14). The Morgan fingerprint density at radius 2 is 2.38 bits per heavy atom. The third kappa shape index (κ3) is 1.98. The highest BCUT2D eigenvalue weighted by molar-refractivity contribution is 5.84. The maximum atomic E-state index is 10.6. The van der Waals surface area contributed by atoms with E-state index in [-0.39, 0.29) is 6.42 Å². The zero-order valence-corrected chi connectivity index (χ0v) is 8.77. The minimum absolute atomic E-state index is 0.150. The van der Waals surface area contributed by atoms with E-state index in [9.17, 15) is 4.79 Å². The summed E-state index contributed by atoms with van der Waals surface area (Å²) < 4.78 is 10.3. The van der Waals surface area contributed by atoms with E-state index in [2.05, 4.69) is 5.16 Å². The molecule has 2 aromatic rings. The topological polar surface area (TPSA) is 72.6 Å². The zero-order chi connectivity index (χ0) is 11.5. The first-order valence-corrected chi connectivity index (χ1v) is 4.93. The van der Waals surface area contributed by atoms with Gasteiger partial charge in [-0.05, 0) is 25.1 Å². The largest absolute Gasteiger partial charge is 0.494 e. The molecule has 0 atom stereocenters. The van der Waals surface area contributed by atoms with Gasteiger partial charge in [-0.2, -0.15) is 0 Å². The van der Waals surface area contributed by atoms with E-state index in [4.69, 9.17) is 14.4 Å². The van der Waals surface area contributed by atoms with Crippen molar-refractivity contribution in [3.8, 4) is 5.75 Å². The van der Waals surface area contributed by atoms with Crippen LogP contribution in [0.1, 0.15) is 12.6 Å². The van der Waals surface area contributed by atoms with Crippen molar-refractivity contribution in [2.45, 2.75) is 13.3 Å². The van der Waals surface area contributed by atoms with Gasteiger partial charge in [0.1, 0.15) is 11.4 Å². The number of ether oxygens (including phenoxy) is 1. The molecule has 0 bridgehead atoms. The fourth-order valence-electron chi connectivity index (χ4n) is 1.49. The number of hydrogen-bond acceptors (Lipinski definition) is 4. The van der Waals surface area contributed by atoms with Crippen LogP contribution in [-0.4, -0.2) is 22.8 Å². The predicted octanol–water partition coefficient (Wildman–Crippen LogP) is 1.85. The molecule has 0 saturated heterocycles. The smallest absolute Gasteiger partial charge is 0.309 e. The van der Waals surface area contributed by atoms with Crippen LogP contribution in [0.2, 0.25) is 0 Å². The molecule has 1 aromatic heterocycles. The van der Waals surface area contributed by atoms with E-state index in [1.807, 2.05) is 6.92 Å². The molecule has 0 radical (unpaired) electrons. The molecule has 84 valence electrons. The van der Waals surface area contributed by atoms with Crippen LogP contribution in [0.25, 0.3) is 11.0 Å². The number of nitrogens with zero attached hydrogens (tertiary/aromatic N) is 1. The second kappa shape index (κ2) is 4.22. The third-order valence-electron chi connectivity index (χ3n) is 2.15. The summed E-state index contributed by atoms with van der Waals surface area (Å²) in [4.78, 5) is 10.6. The summed E-state index contributed by atoms with van der Waals surface area (Å²) in [5.41, 5.74) is 0.990. The van der Waals surface area contributed by atoms with Crippen LogP contribution in [0.15, 0.2) is 22.7 Å². The summed E-state index contributed by atoms with van der Waals surface area (Å²) in [6.45, 7) is 2.45. The highest BCUT2D eigenvalue weighted by Crippen LogP contribution is 2.24. The quantitative estimate of drug-likeness (QED) is 0.852. The van der Waals surface area contributed by atoms with Gasteiger partial charge in [-0.15, -0.1) is 0 Å². The molecule has 0 aliphatic carbocycles. The van der Waals surface area contributed by atoms with Gasteiger partial charge in [0.15, 0.2) is 5.58 Å². The Balaban J connectivity index is 2.42. The first kappa shape index (κ1) is 10.5. The van der Waals surface area contributed by atoms with Crippen molar-refractivity contribution in [2.24, 2.45) is 0 Å². The average molecular weight is 221 g/mol. The maximum Gasteiger partial charge on any atom is 0.309 e. The van der Waals surface area contributed by atoms with E-state index in [1.165, 1.54) is 0 Å². The number of carboxylic acid groups (broad SMARTS) is 1. The lowest BCUT2D eigenvalue weighted by Gasteiger charge is -2.01. The summed E-state index contributed by atoms with van der Waals surface area (Å²) in [5.74, 6) is -0.248. The summed E-state index contributed by atoms with van der Waals surface area (Å²) in [5, 5.41) is 13.1. The van der Waals surface area contributed by atoms with Crippen molar-refractivity contribution in [1.29, 1.82) is 0 Å². The van der Waals surface area contributed by atoms with Crippen LogP contribution in [0.5, 0.6) is 5.75 Å².